The van der Waals surface area contributed by atoms with Gasteiger partial charge in [0.2, 0.25) is 0 Å². The maximum atomic E-state index is 13.1. The zero-order valence-electron chi connectivity index (χ0n) is 17.6. The summed E-state index contributed by atoms with van der Waals surface area (Å²) in [6, 6.07) is 21.9. The second-order valence-corrected chi connectivity index (χ2v) is 9.05. The molecule has 33 heavy (non-hydrogen) atoms. The van der Waals surface area contributed by atoms with Crippen molar-refractivity contribution < 1.29 is 14.3 Å². The summed E-state index contributed by atoms with van der Waals surface area (Å²) in [5.74, 6) is -0.0296. The number of anilines is 2. The molecule has 1 N–H and O–H groups in total. The Morgan fingerprint density at radius 3 is 2.45 bits per heavy atom. The molecule has 0 spiro atoms. The van der Waals surface area contributed by atoms with E-state index >= 15 is 0 Å². The molecule has 0 aliphatic carbocycles. The summed E-state index contributed by atoms with van der Waals surface area (Å²) in [5, 5.41) is 8.58. The van der Waals surface area contributed by atoms with Crippen LogP contribution in [0.5, 0.6) is 5.75 Å². The van der Waals surface area contributed by atoms with E-state index in [9.17, 15) is 9.59 Å². The summed E-state index contributed by atoms with van der Waals surface area (Å²) in [7, 11) is 0. The predicted molar refractivity (Wildman–Crippen MR) is 137 cm³/mol. The number of hydrogen-bond donors (Lipinski definition) is 1. The Labute approximate surface area is 208 Å². The third-order valence-electron chi connectivity index (χ3n) is 4.82. The summed E-state index contributed by atoms with van der Waals surface area (Å²) >= 11 is 6.86. The summed E-state index contributed by atoms with van der Waals surface area (Å²) in [4.78, 5) is 25.4. The predicted octanol–water partition coefficient (Wildman–Crippen LogP) is 6.04. The minimum Gasteiger partial charge on any atom is -0.483 e. The molecule has 0 saturated carbocycles. The first kappa shape index (κ1) is 22.9. The van der Waals surface area contributed by atoms with Gasteiger partial charge in [-0.1, -0.05) is 50.1 Å². The van der Waals surface area contributed by atoms with Gasteiger partial charge in [-0.25, -0.2) is 0 Å². The molecule has 3 aromatic carbocycles. The van der Waals surface area contributed by atoms with E-state index in [1.807, 2.05) is 54.6 Å². The van der Waals surface area contributed by atoms with E-state index in [1.54, 1.807) is 31.2 Å². The van der Waals surface area contributed by atoms with Crippen LogP contribution in [0.1, 0.15) is 12.5 Å². The Morgan fingerprint density at radius 2 is 1.73 bits per heavy atom. The number of ether oxygens (including phenoxy) is 1. The average Bonchev–Trinajstić information content (AvgIpc) is 3.08. The lowest BCUT2D eigenvalue weighted by Crippen LogP contribution is -2.21. The van der Waals surface area contributed by atoms with E-state index in [2.05, 4.69) is 42.3 Å². The fraction of sp³-hybridized carbons (Fsp3) is 0.0800. The number of para-hydroxylation sites is 1. The first-order valence-electron chi connectivity index (χ1n) is 10.1. The zero-order chi connectivity index (χ0) is 23.4. The molecule has 0 saturated heterocycles. The molecular formula is C25H19Br2N3O3. The lowest BCUT2D eigenvalue weighted by molar-refractivity contribution is -0.118. The molecule has 0 radical (unpaired) electrons. The number of nitrogens with zero attached hydrogens (tertiary/aromatic N) is 2. The summed E-state index contributed by atoms with van der Waals surface area (Å²) < 4.78 is 7.52. The van der Waals surface area contributed by atoms with Gasteiger partial charge in [0.15, 0.2) is 6.61 Å². The van der Waals surface area contributed by atoms with Crippen molar-refractivity contribution in [3.05, 3.63) is 92.9 Å². The van der Waals surface area contributed by atoms with Crippen LogP contribution in [0.15, 0.2) is 92.4 Å². The van der Waals surface area contributed by atoms with Crippen molar-refractivity contribution in [1.82, 2.24) is 0 Å². The topological polar surface area (TPSA) is 71.0 Å². The molecule has 1 aliphatic rings. The molecule has 4 rings (SSSR count). The van der Waals surface area contributed by atoms with Crippen molar-refractivity contribution in [3.63, 3.8) is 0 Å². The molecule has 166 valence electrons. The van der Waals surface area contributed by atoms with Crippen LogP contribution >= 0.6 is 31.9 Å². The molecule has 1 heterocycles. The highest BCUT2D eigenvalue weighted by Gasteiger charge is 2.29. The molecule has 0 atom stereocenters. The molecule has 0 fully saturated rings. The highest BCUT2D eigenvalue weighted by molar-refractivity contribution is 9.10. The second kappa shape index (κ2) is 10.1. The smallest absolute Gasteiger partial charge is 0.280 e. The highest BCUT2D eigenvalue weighted by Crippen LogP contribution is 2.30. The molecule has 0 unspecified atom stereocenters. The van der Waals surface area contributed by atoms with Crippen LogP contribution in [0.3, 0.4) is 0 Å². The van der Waals surface area contributed by atoms with Gasteiger partial charge in [0.05, 0.1) is 17.0 Å². The average molecular weight is 569 g/mol. The SMILES string of the molecule is CC1=NN(c2ccc(Br)cc2)C(=O)/C1=C/c1cc(Br)ccc1OCC(=O)Nc1ccccc1. The van der Waals surface area contributed by atoms with Crippen molar-refractivity contribution in [2.45, 2.75) is 6.92 Å². The second-order valence-electron chi connectivity index (χ2n) is 7.22. The van der Waals surface area contributed by atoms with Gasteiger partial charge in [-0.3, -0.25) is 9.59 Å². The third-order valence-corrected chi connectivity index (χ3v) is 5.84. The fourth-order valence-corrected chi connectivity index (χ4v) is 3.87. The number of amides is 2. The van der Waals surface area contributed by atoms with Crippen LogP contribution in [0.25, 0.3) is 6.08 Å². The van der Waals surface area contributed by atoms with Crippen LogP contribution < -0.4 is 15.1 Å². The van der Waals surface area contributed by atoms with Gasteiger partial charge in [0.1, 0.15) is 5.75 Å². The number of nitrogens with one attached hydrogen (secondary N) is 1. The molecule has 3 aromatic rings. The van der Waals surface area contributed by atoms with Crippen molar-refractivity contribution in [3.8, 4) is 5.75 Å². The summed E-state index contributed by atoms with van der Waals surface area (Å²) in [6.07, 6.45) is 1.73. The van der Waals surface area contributed by atoms with Gasteiger partial charge < -0.3 is 10.1 Å². The standard InChI is InChI=1S/C25H19Br2N3O3/c1-16-22(25(32)30(29-16)21-10-7-18(26)8-11-21)14-17-13-19(27)9-12-23(17)33-15-24(31)28-20-5-3-2-4-6-20/h2-14H,15H2,1H3,(H,28,31)/b22-14+. The van der Waals surface area contributed by atoms with Gasteiger partial charge in [0.25, 0.3) is 11.8 Å². The van der Waals surface area contributed by atoms with Gasteiger partial charge in [-0.2, -0.15) is 10.1 Å². The Balaban J connectivity index is 1.53. The maximum absolute atomic E-state index is 13.1. The number of benzene rings is 3. The minimum absolute atomic E-state index is 0.168. The number of hydrazone groups is 1. The summed E-state index contributed by atoms with van der Waals surface area (Å²) in [6.45, 7) is 1.62. The quantitative estimate of drug-likeness (QED) is 0.369. The van der Waals surface area contributed by atoms with E-state index in [1.165, 1.54) is 5.01 Å². The van der Waals surface area contributed by atoms with Crippen LogP contribution in [0, 0.1) is 0 Å². The Kier molecular flexibility index (Phi) is 7.05. The van der Waals surface area contributed by atoms with E-state index in [0.29, 0.717) is 34.0 Å². The molecule has 6 nitrogen and oxygen atoms in total. The molecule has 8 heteroatoms. The fourth-order valence-electron chi connectivity index (χ4n) is 3.22. The van der Waals surface area contributed by atoms with E-state index in [4.69, 9.17) is 4.74 Å². The zero-order valence-corrected chi connectivity index (χ0v) is 20.8. The Morgan fingerprint density at radius 1 is 1.03 bits per heavy atom. The van der Waals surface area contributed by atoms with Crippen LogP contribution in [0.2, 0.25) is 0 Å². The van der Waals surface area contributed by atoms with E-state index in [0.717, 1.165) is 8.95 Å². The Hall–Kier alpha value is -3.23. The largest absolute Gasteiger partial charge is 0.483 e. The lowest BCUT2D eigenvalue weighted by Gasteiger charge is -2.12. The van der Waals surface area contributed by atoms with Crippen LogP contribution in [-0.2, 0) is 9.59 Å². The normalized spacial score (nSPS) is 14.4. The number of rotatable bonds is 6. The van der Waals surface area contributed by atoms with Gasteiger partial charge in [0, 0.05) is 20.2 Å². The van der Waals surface area contributed by atoms with Crippen molar-refractivity contribution >= 4 is 66.8 Å². The lowest BCUT2D eigenvalue weighted by atomic mass is 10.1. The number of carbonyl (C=O) groups excluding carboxylic acids is 2. The Bertz CT molecular complexity index is 1260. The van der Waals surface area contributed by atoms with E-state index < -0.39 is 0 Å². The molecule has 2 amide bonds. The molecular weight excluding hydrogens is 550 g/mol. The first-order valence-corrected chi connectivity index (χ1v) is 11.6. The van der Waals surface area contributed by atoms with Gasteiger partial charge >= 0.3 is 0 Å². The van der Waals surface area contributed by atoms with Crippen molar-refractivity contribution in [2.24, 2.45) is 5.10 Å². The minimum atomic E-state index is -0.279. The number of carbonyl (C=O) groups is 2. The van der Waals surface area contributed by atoms with Gasteiger partial charge in [-0.05, 0) is 67.6 Å². The number of hydrogen-bond acceptors (Lipinski definition) is 4. The molecule has 0 aromatic heterocycles. The highest BCUT2D eigenvalue weighted by atomic mass is 79.9. The number of halogens is 2. The van der Waals surface area contributed by atoms with E-state index in [-0.39, 0.29) is 18.4 Å². The van der Waals surface area contributed by atoms with Gasteiger partial charge in [-0.15, -0.1) is 0 Å². The van der Waals surface area contributed by atoms with Crippen LogP contribution in [-0.4, -0.2) is 24.1 Å². The third kappa shape index (κ3) is 5.58. The first-order chi connectivity index (χ1) is 15.9. The van der Waals surface area contributed by atoms with Crippen LogP contribution in [0.4, 0.5) is 11.4 Å². The van der Waals surface area contributed by atoms with Crippen molar-refractivity contribution in [1.29, 1.82) is 0 Å². The van der Waals surface area contributed by atoms with Crippen molar-refractivity contribution in [2.75, 3.05) is 16.9 Å². The molecule has 0 bridgehead atoms. The molecule has 1 aliphatic heterocycles. The summed E-state index contributed by atoms with van der Waals surface area (Å²) in [5.41, 5.74) is 3.08. The monoisotopic (exact) mass is 567 g/mol. The maximum Gasteiger partial charge on any atom is 0.280 e.